The highest BCUT2D eigenvalue weighted by Crippen LogP contribution is 2.16. The summed E-state index contributed by atoms with van der Waals surface area (Å²) in [7, 11) is -4.03. The van der Waals surface area contributed by atoms with Crippen LogP contribution in [0, 0.1) is 11.8 Å². The zero-order valence-electron chi connectivity index (χ0n) is 14.7. The van der Waals surface area contributed by atoms with Gasteiger partial charge in [-0.15, -0.1) is 5.92 Å². The molecule has 27 heavy (non-hydrogen) atoms. The van der Waals surface area contributed by atoms with Crippen LogP contribution in [-0.4, -0.2) is 44.8 Å². The molecule has 1 aromatic rings. The van der Waals surface area contributed by atoms with Crippen molar-refractivity contribution in [3.8, 4) is 17.6 Å². The maximum atomic E-state index is 12.4. The molecule has 0 bridgehead atoms. The lowest BCUT2D eigenvalue weighted by Crippen LogP contribution is -2.46. The lowest BCUT2D eigenvalue weighted by molar-refractivity contribution is -0.131. The van der Waals surface area contributed by atoms with Crippen molar-refractivity contribution in [2.24, 2.45) is 5.73 Å². The average Bonchev–Trinajstić information content (AvgIpc) is 2.64. The van der Waals surface area contributed by atoms with Crippen LogP contribution in [0.2, 0.25) is 0 Å². The van der Waals surface area contributed by atoms with E-state index in [0.717, 1.165) is 0 Å². The van der Waals surface area contributed by atoms with Crippen molar-refractivity contribution in [3.05, 3.63) is 24.3 Å². The Morgan fingerprint density at radius 2 is 1.96 bits per heavy atom. The lowest BCUT2D eigenvalue weighted by atomic mass is 10.1. The van der Waals surface area contributed by atoms with E-state index in [1.807, 2.05) is 0 Å². The SMILES string of the molecule is CC#CCOc1ccc(S(=O)(=O)N[C@H](CCCNC(N)=O)C(=O)NO)cc1. The number of rotatable bonds is 10. The molecule has 0 heterocycles. The van der Waals surface area contributed by atoms with E-state index >= 15 is 0 Å². The highest BCUT2D eigenvalue weighted by molar-refractivity contribution is 7.89. The predicted molar refractivity (Wildman–Crippen MR) is 96.2 cm³/mol. The smallest absolute Gasteiger partial charge is 0.312 e. The molecular weight excluding hydrogens is 376 g/mol. The molecule has 0 aromatic heterocycles. The van der Waals surface area contributed by atoms with E-state index in [-0.39, 0.29) is 30.9 Å². The highest BCUT2D eigenvalue weighted by Gasteiger charge is 2.25. The second-order valence-corrected chi connectivity index (χ2v) is 6.98. The van der Waals surface area contributed by atoms with Crippen LogP contribution < -0.4 is 26.0 Å². The number of ether oxygens (including phenoxy) is 1. The number of hydroxylamine groups is 1. The molecule has 11 heteroatoms. The fourth-order valence-electron chi connectivity index (χ4n) is 2.00. The minimum absolute atomic E-state index is 0.0305. The summed E-state index contributed by atoms with van der Waals surface area (Å²) in [6.07, 6.45) is 0.289. The Labute approximate surface area is 157 Å². The van der Waals surface area contributed by atoms with Gasteiger partial charge in [-0.25, -0.2) is 18.7 Å². The summed E-state index contributed by atoms with van der Waals surface area (Å²) in [6.45, 7) is 2.01. The van der Waals surface area contributed by atoms with Gasteiger partial charge in [-0.3, -0.25) is 10.0 Å². The summed E-state index contributed by atoms with van der Waals surface area (Å²) in [5, 5.41) is 11.1. The minimum atomic E-state index is -4.03. The van der Waals surface area contributed by atoms with Gasteiger partial charge in [-0.2, -0.15) is 4.72 Å². The quantitative estimate of drug-likeness (QED) is 0.157. The summed E-state index contributed by atoms with van der Waals surface area (Å²) in [5.74, 6) is 4.90. The minimum Gasteiger partial charge on any atom is -0.481 e. The second-order valence-electron chi connectivity index (χ2n) is 5.27. The van der Waals surface area contributed by atoms with E-state index in [2.05, 4.69) is 21.9 Å². The normalized spacial score (nSPS) is 11.6. The summed E-state index contributed by atoms with van der Waals surface area (Å²) in [5.41, 5.74) is 6.34. The molecular formula is C16H22N4O6S. The van der Waals surface area contributed by atoms with Gasteiger partial charge in [0.15, 0.2) is 0 Å². The molecule has 148 valence electrons. The van der Waals surface area contributed by atoms with Gasteiger partial charge >= 0.3 is 6.03 Å². The van der Waals surface area contributed by atoms with Gasteiger partial charge in [-0.05, 0) is 44.0 Å². The van der Waals surface area contributed by atoms with Gasteiger partial charge < -0.3 is 15.8 Å². The van der Waals surface area contributed by atoms with Crippen LogP contribution in [0.15, 0.2) is 29.2 Å². The number of nitrogens with one attached hydrogen (secondary N) is 3. The van der Waals surface area contributed by atoms with E-state index in [1.54, 1.807) is 6.92 Å². The third kappa shape index (κ3) is 7.95. The number of hydrogen-bond acceptors (Lipinski definition) is 6. The highest BCUT2D eigenvalue weighted by atomic mass is 32.2. The molecule has 10 nitrogen and oxygen atoms in total. The number of carbonyl (C=O) groups excluding carboxylic acids is 2. The Kier molecular flexibility index (Phi) is 9.07. The number of urea groups is 1. The molecule has 0 saturated carbocycles. The van der Waals surface area contributed by atoms with Crippen molar-refractivity contribution in [2.75, 3.05) is 13.2 Å². The van der Waals surface area contributed by atoms with E-state index in [0.29, 0.717) is 5.75 Å². The van der Waals surface area contributed by atoms with E-state index < -0.39 is 28.0 Å². The molecule has 6 N–H and O–H groups in total. The second kappa shape index (κ2) is 11.0. The summed E-state index contributed by atoms with van der Waals surface area (Å²) < 4.78 is 32.4. The fraction of sp³-hybridized carbons (Fsp3) is 0.375. The van der Waals surface area contributed by atoms with Crippen LogP contribution in [-0.2, 0) is 14.8 Å². The van der Waals surface area contributed by atoms with Crippen LogP contribution in [0.4, 0.5) is 4.79 Å². The summed E-state index contributed by atoms with van der Waals surface area (Å²) >= 11 is 0. The lowest BCUT2D eigenvalue weighted by Gasteiger charge is -2.17. The summed E-state index contributed by atoms with van der Waals surface area (Å²) in [4.78, 5) is 22.3. The molecule has 0 fully saturated rings. The molecule has 3 amide bonds. The largest absolute Gasteiger partial charge is 0.481 e. The Morgan fingerprint density at radius 1 is 1.30 bits per heavy atom. The number of primary amides is 1. The monoisotopic (exact) mass is 398 g/mol. The van der Waals surface area contributed by atoms with Gasteiger partial charge in [-0.1, -0.05) is 5.92 Å². The maximum Gasteiger partial charge on any atom is 0.312 e. The van der Waals surface area contributed by atoms with Crippen molar-refractivity contribution in [2.45, 2.75) is 30.7 Å². The number of benzene rings is 1. The van der Waals surface area contributed by atoms with Crippen LogP contribution in [0.5, 0.6) is 5.75 Å². The van der Waals surface area contributed by atoms with E-state index in [9.17, 15) is 18.0 Å². The van der Waals surface area contributed by atoms with Gasteiger partial charge in [0, 0.05) is 6.54 Å². The zero-order chi connectivity index (χ0) is 20.3. The Hall–Kier alpha value is -2.81. The Bertz CT molecular complexity index is 798. The fourth-order valence-corrected chi connectivity index (χ4v) is 3.23. The van der Waals surface area contributed by atoms with Crippen molar-refractivity contribution in [3.63, 3.8) is 0 Å². The van der Waals surface area contributed by atoms with Crippen LogP contribution >= 0.6 is 0 Å². The molecule has 0 aliphatic heterocycles. The van der Waals surface area contributed by atoms with Gasteiger partial charge in [0.2, 0.25) is 10.0 Å². The molecule has 0 radical (unpaired) electrons. The van der Waals surface area contributed by atoms with E-state index in [1.165, 1.54) is 29.7 Å². The van der Waals surface area contributed by atoms with Gasteiger partial charge in [0.25, 0.3) is 5.91 Å². The number of nitrogens with two attached hydrogens (primary N) is 1. The molecule has 1 aromatic carbocycles. The number of hydrogen-bond donors (Lipinski definition) is 5. The average molecular weight is 398 g/mol. The molecule has 1 rings (SSSR count). The molecule has 1 atom stereocenters. The Morgan fingerprint density at radius 3 is 2.52 bits per heavy atom. The van der Waals surface area contributed by atoms with Crippen molar-refractivity contribution in [1.82, 2.24) is 15.5 Å². The number of carbonyl (C=O) groups is 2. The molecule has 0 spiro atoms. The number of amides is 3. The molecule has 0 aliphatic rings. The first-order valence-corrected chi connectivity index (χ1v) is 9.40. The standard InChI is InChI=1S/C16H22N4O6S/c1-2-3-11-26-12-6-8-13(9-7-12)27(24,25)20-14(15(21)19-23)5-4-10-18-16(17)22/h6-9,14,20,23H,4-5,10-11H2,1H3,(H,19,21)(H3,17,18,22)/t14-/m1/s1. The topological polar surface area (TPSA) is 160 Å². The van der Waals surface area contributed by atoms with Gasteiger partial charge in [0.1, 0.15) is 18.4 Å². The van der Waals surface area contributed by atoms with E-state index in [4.69, 9.17) is 15.7 Å². The van der Waals surface area contributed by atoms with Crippen molar-refractivity contribution >= 4 is 22.0 Å². The third-order valence-electron chi connectivity index (χ3n) is 3.31. The molecule has 0 aliphatic carbocycles. The first-order valence-electron chi connectivity index (χ1n) is 7.92. The van der Waals surface area contributed by atoms with Gasteiger partial charge in [0.05, 0.1) is 4.90 Å². The zero-order valence-corrected chi connectivity index (χ0v) is 15.5. The first kappa shape index (κ1) is 22.2. The first-order chi connectivity index (χ1) is 12.8. The molecule has 0 saturated heterocycles. The maximum absolute atomic E-state index is 12.4. The van der Waals surface area contributed by atoms with Crippen LogP contribution in [0.1, 0.15) is 19.8 Å². The molecule has 0 unspecified atom stereocenters. The van der Waals surface area contributed by atoms with Crippen LogP contribution in [0.25, 0.3) is 0 Å². The number of sulfonamides is 1. The predicted octanol–water partition coefficient (Wildman–Crippen LogP) is -0.310. The third-order valence-corrected chi connectivity index (χ3v) is 4.80. The van der Waals surface area contributed by atoms with Crippen molar-refractivity contribution < 1.29 is 28.0 Å². The van der Waals surface area contributed by atoms with Crippen LogP contribution in [0.3, 0.4) is 0 Å². The summed E-state index contributed by atoms with van der Waals surface area (Å²) in [6, 6.07) is 3.60. The Balaban J connectivity index is 2.78. The van der Waals surface area contributed by atoms with Crippen molar-refractivity contribution in [1.29, 1.82) is 0 Å².